The van der Waals surface area contributed by atoms with Gasteiger partial charge in [-0.1, -0.05) is 0 Å². The van der Waals surface area contributed by atoms with Crippen LogP contribution in [0.15, 0.2) is 12.1 Å². The van der Waals surface area contributed by atoms with Gasteiger partial charge < -0.3 is 5.73 Å². The van der Waals surface area contributed by atoms with E-state index in [1.165, 1.54) is 13.8 Å². The number of benzene rings is 1. The topological polar surface area (TPSA) is 43.1 Å². The Hall–Kier alpha value is -1.52. The Morgan fingerprint density at radius 1 is 1.33 bits per heavy atom. The van der Waals surface area contributed by atoms with Crippen LogP contribution in [0.4, 0.5) is 18.9 Å². The summed E-state index contributed by atoms with van der Waals surface area (Å²) in [5.74, 6) is -0.462. The van der Waals surface area contributed by atoms with Crippen LogP contribution in [0.25, 0.3) is 0 Å². The molecule has 82 valence electrons. The van der Waals surface area contributed by atoms with E-state index < -0.39 is 17.5 Å². The Kier molecular flexibility index (Phi) is 2.75. The first-order chi connectivity index (χ1) is 6.75. The Morgan fingerprint density at radius 2 is 1.87 bits per heavy atom. The summed E-state index contributed by atoms with van der Waals surface area (Å²) in [6.45, 7) is 2.44. The molecule has 0 amide bonds. The van der Waals surface area contributed by atoms with Crippen molar-refractivity contribution in [2.45, 2.75) is 20.0 Å². The first-order valence-electron chi connectivity index (χ1n) is 4.22. The number of nitrogens with two attached hydrogens (primary N) is 1. The highest BCUT2D eigenvalue weighted by atomic mass is 19.4. The number of Topliss-reactive ketones (excluding diaryl/α,β-unsaturated/α-hetero) is 1. The summed E-state index contributed by atoms with van der Waals surface area (Å²) >= 11 is 0. The number of nitrogen functional groups attached to an aromatic ring is 1. The van der Waals surface area contributed by atoms with Crippen LogP contribution in [0.3, 0.4) is 0 Å². The Morgan fingerprint density at radius 3 is 2.27 bits per heavy atom. The first-order valence-corrected chi connectivity index (χ1v) is 4.22. The summed E-state index contributed by atoms with van der Waals surface area (Å²) in [5, 5.41) is 0. The number of ketones is 1. The zero-order valence-electron chi connectivity index (χ0n) is 8.27. The zero-order chi connectivity index (χ0) is 11.8. The molecule has 0 saturated carbocycles. The summed E-state index contributed by atoms with van der Waals surface area (Å²) in [6.07, 6.45) is -4.46. The van der Waals surface area contributed by atoms with Crippen molar-refractivity contribution in [3.05, 3.63) is 28.8 Å². The van der Waals surface area contributed by atoms with Crippen LogP contribution in [-0.4, -0.2) is 5.78 Å². The average molecular weight is 217 g/mol. The lowest BCUT2D eigenvalue weighted by Gasteiger charge is -2.14. The van der Waals surface area contributed by atoms with Crippen molar-refractivity contribution in [1.29, 1.82) is 0 Å². The quantitative estimate of drug-likeness (QED) is 0.580. The minimum atomic E-state index is -4.46. The Bertz CT molecular complexity index is 410. The molecule has 1 aromatic rings. The maximum atomic E-state index is 12.5. The largest absolute Gasteiger partial charge is 0.416 e. The fraction of sp³-hybridized carbons (Fsp3) is 0.300. The van der Waals surface area contributed by atoms with Gasteiger partial charge in [0.25, 0.3) is 0 Å². The third-order valence-electron chi connectivity index (χ3n) is 2.15. The maximum absolute atomic E-state index is 12.5. The molecule has 0 fully saturated rings. The molecule has 0 heterocycles. The zero-order valence-corrected chi connectivity index (χ0v) is 8.27. The molecule has 0 radical (unpaired) electrons. The van der Waals surface area contributed by atoms with E-state index in [-0.39, 0.29) is 16.8 Å². The monoisotopic (exact) mass is 217 g/mol. The second-order valence-corrected chi connectivity index (χ2v) is 3.26. The third-order valence-corrected chi connectivity index (χ3v) is 2.15. The molecule has 0 spiro atoms. The fourth-order valence-corrected chi connectivity index (χ4v) is 1.51. The standard InChI is InChI=1S/C10H10F3NO/c1-5-7(10(11,12)13)3-4-8(14)9(5)6(2)15/h3-4H,14H2,1-2H3. The summed E-state index contributed by atoms with van der Waals surface area (Å²) in [6, 6.07) is 1.99. The molecule has 0 bridgehead atoms. The van der Waals surface area contributed by atoms with Crippen molar-refractivity contribution in [3.8, 4) is 0 Å². The van der Waals surface area contributed by atoms with Gasteiger partial charge in [0.15, 0.2) is 5.78 Å². The molecule has 1 aromatic carbocycles. The van der Waals surface area contributed by atoms with Gasteiger partial charge in [-0.15, -0.1) is 0 Å². The van der Waals surface area contributed by atoms with Gasteiger partial charge in [0.2, 0.25) is 0 Å². The molecule has 0 saturated heterocycles. The second kappa shape index (κ2) is 3.56. The molecule has 2 nitrogen and oxygen atoms in total. The lowest BCUT2D eigenvalue weighted by molar-refractivity contribution is -0.138. The van der Waals surface area contributed by atoms with Crippen LogP contribution >= 0.6 is 0 Å². The lowest BCUT2D eigenvalue weighted by atomic mass is 9.98. The summed E-state index contributed by atoms with van der Waals surface area (Å²) < 4.78 is 37.4. The van der Waals surface area contributed by atoms with Gasteiger partial charge in [0.1, 0.15) is 0 Å². The first kappa shape index (κ1) is 11.6. The van der Waals surface area contributed by atoms with Crippen molar-refractivity contribution in [2.75, 3.05) is 5.73 Å². The smallest absolute Gasteiger partial charge is 0.398 e. The molecule has 0 atom stereocenters. The van der Waals surface area contributed by atoms with Crippen molar-refractivity contribution < 1.29 is 18.0 Å². The Balaban J connectivity index is 3.49. The van der Waals surface area contributed by atoms with Gasteiger partial charge in [-0.3, -0.25) is 4.79 Å². The SMILES string of the molecule is CC(=O)c1c(N)ccc(C(F)(F)F)c1C. The number of anilines is 1. The number of alkyl halides is 3. The number of carbonyl (C=O) groups excluding carboxylic acids is 1. The van der Waals surface area contributed by atoms with E-state index in [9.17, 15) is 18.0 Å². The van der Waals surface area contributed by atoms with Crippen LogP contribution in [0.2, 0.25) is 0 Å². The van der Waals surface area contributed by atoms with Crippen molar-refractivity contribution in [2.24, 2.45) is 0 Å². The molecular formula is C10H10F3NO. The van der Waals surface area contributed by atoms with Gasteiger partial charge in [-0.25, -0.2) is 0 Å². The molecule has 2 N–H and O–H groups in total. The van der Waals surface area contributed by atoms with E-state index in [1.54, 1.807) is 0 Å². The average Bonchev–Trinajstić information content (AvgIpc) is 2.00. The van der Waals surface area contributed by atoms with Gasteiger partial charge in [-0.05, 0) is 31.5 Å². The van der Waals surface area contributed by atoms with E-state index in [1.807, 2.05) is 0 Å². The van der Waals surface area contributed by atoms with Gasteiger partial charge in [0, 0.05) is 11.3 Å². The molecule has 5 heteroatoms. The Labute approximate surface area is 84.9 Å². The molecule has 15 heavy (non-hydrogen) atoms. The number of hydrogen-bond donors (Lipinski definition) is 1. The summed E-state index contributed by atoms with van der Waals surface area (Å²) in [7, 11) is 0. The van der Waals surface area contributed by atoms with Crippen LogP contribution in [0, 0.1) is 6.92 Å². The van der Waals surface area contributed by atoms with Gasteiger partial charge >= 0.3 is 6.18 Å². The number of hydrogen-bond acceptors (Lipinski definition) is 2. The van der Waals surface area contributed by atoms with Crippen LogP contribution in [-0.2, 0) is 6.18 Å². The molecule has 0 aliphatic heterocycles. The van der Waals surface area contributed by atoms with E-state index in [0.717, 1.165) is 12.1 Å². The molecule has 0 aliphatic rings. The van der Waals surface area contributed by atoms with Crippen LogP contribution in [0.5, 0.6) is 0 Å². The normalized spacial score (nSPS) is 11.5. The molecule has 0 aromatic heterocycles. The van der Waals surface area contributed by atoms with Crippen molar-refractivity contribution in [3.63, 3.8) is 0 Å². The van der Waals surface area contributed by atoms with Crippen LogP contribution in [0.1, 0.15) is 28.4 Å². The van der Waals surface area contributed by atoms with E-state index in [2.05, 4.69) is 0 Å². The third kappa shape index (κ3) is 2.11. The van der Waals surface area contributed by atoms with E-state index in [0.29, 0.717) is 0 Å². The highest BCUT2D eigenvalue weighted by Gasteiger charge is 2.33. The predicted octanol–water partition coefficient (Wildman–Crippen LogP) is 2.80. The highest BCUT2D eigenvalue weighted by molar-refractivity contribution is 6.00. The molecular weight excluding hydrogens is 207 g/mol. The highest BCUT2D eigenvalue weighted by Crippen LogP contribution is 2.34. The summed E-state index contributed by atoms with van der Waals surface area (Å²) in [5.41, 5.74) is 4.54. The minimum Gasteiger partial charge on any atom is -0.398 e. The van der Waals surface area contributed by atoms with E-state index in [4.69, 9.17) is 5.73 Å². The van der Waals surface area contributed by atoms with Crippen LogP contribution < -0.4 is 5.73 Å². The molecule has 0 unspecified atom stereocenters. The summed E-state index contributed by atoms with van der Waals surface area (Å²) in [4.78, 5) is 11.1. The predicted molar refractivity (Wildman–Crippen MR) is 50.6 cm³/mol. The van der Waals surface area contributed by atoms with Crippen molar-refractivity contribution >= 4 is 11.5 Å². The minimum absolute atomic E-state index is 0.0511. The fourth-order valence-electron chi connectivity index (χ4n) is 1.51. The van der Waals surface area contributed by atoms with E-state index >= 15 is 0 Å². The molecule has 1 rings (SSSR count). The number of rotatable bonds is 1. The number of halogens is 3. The van der Waals surface area contributed by atoms with Gasteiger partial charge in [0.05, 0.1) is 5.56 Å². The lowest BCUT2D eigenvalue weighted by Crippen LogP contribution is -2.12. The van der Waals surface area contributed by atoms with Crippen molar-refractivity contribution in [1.82, 2.24) is 0 Å². The second-order valence-electron chi connectivity index (χ2n) is 3.26. The molecule has 0 aliphatic carbocycles. The van der Waals surface area contributed by atoms with Gasteiger partial charge in [-0.2, -0.15) is 13.2 Å². The maximum Gasteiger partial charge on any atom is 0.416 e. The number of carbonyl (C=O) groups is 1.